The molecular formula is C19H16F3N3O4S. The molecule has 7 nitrogen and oxygen atoms in total. The molecule has 0 radical (unpaired) electrons. The molecule has 1 aromatic heterocycles. The lowest BCUT2D eigenvalue weighted by Gasteiger charge is -2.12. The van der Waals surface area contributed by atoms with Gasteiger partial charge in [0.1, 0.15) is 0 Å². The van der Waals surface area contributed by atoms with Gasteiger partial charge in [0.2, 0.25) is 5.69 Å². The minimum Gasteiger partial charge on any atom is -0.406 e. The van der Waals surface area contributed by atoms with Crippen LogP contribution in [0.1, 0.15) is 5.69 Å². The quantitative estimate of drug-likeness (QED) is 0.661. The first-order valence-electron chi connectivity index (χ1n) is 8.44. The van der Waals surface area contributed by atoms with E-state index in [-0.39, 0.29) is 10.6 Å². The number of anilines is 1. The van der Waals surface area contributed by atoms with Crippen LogP contribution in [0.3, 0.4) is 0 Å². The first kappa shape index (κ1) is 21.4. The second kappa shape index (κ2) is 7.82. The Labute approximate surface area is 170 Å². The van der Waals surface area contributed by atoms with E-state index >= 15 is 0 Å². The Kier molecular flexibility index (Phi) is 5.57. The summed E-state index contributed by atoms with van der Waals surface area (Å²) in [6.07, 6.45) is -3.89. The number of carbonyl (C=O) groups excluding carboxylic acids is 1. The second-order valence-corrected chi connectivity index (χ2v) is 8.39. The number of benzene rings is 2. The van der Waals surface area contributed by atoms with Gasteiger partial charge in [-0.15, -0.1) is 0 Å². The molecule has 0 spiro atoms. The van der Waals surface area contributed by atoms with Crippen molar-refractivity contribution >= 4 is 21.6 Å². The standard InChI is InChI=1S/C19H16F3N3O4S/c1-25-11-16(17(24-25)19(20,21)22)29-18(26)23-15-6-4-3-5-14(15)12-7-9-13(10-8-12)30(2,27)28/h3-11H,1-2H3,(H,23,26). The van der Waals surface area contributed by atoms with Gasteiger partial charge in [0, 0.05) is 18.9 Å². The summed E-state index contributed by atoms with van der Waals surface area (Å²) in [7, 11) is -2.10. The number of hydrogen-bond acceptors (Lipinski definition) is 5. The van der Waals surface area contributed by atoms with Crippen LogP contribution in [0.4, 0.5) is 23.7 Å². The van der Waals surface area contributed by atoms with Gasteiger partial charge < -0.3 is 4.74 Å². The van der Waals surface area contributed by atoms with E-state index in [0.717, 1.165) is 17.1 Å². The monoisotopic (exact) mass is 439 g/mol. The molecule has 0 fully saturated rings. The van der Waals surface area contributed by atoms with E-state index in [1.54, 1.807) is 30.3 Å². The van der Waals surface area contributed by atoms with E-state index in [0.29, 0.717) is 11.1 Å². The van der Waals surface area contributed by atoms with E-state index in [1.807, 2.05) is 0 Å². The lowest BCUT2D eigenvalue weighted by Crippen LogP contribution is -2.19. The number of carbonyl (C=O) groups is 1. The molecule has 0 unspecified atom stereocenters. The fraction of sp³-hybridized carbons (Fsp3) is 0.158. The van der Waals surface area contributed by atoms with Crippen LogP contribution in [-0.4, -0.2) is 30.5 Å². The molecule has 3 rings (SSSR count). The van der Waals surface area contributed by atoms with E-state index in [2.05, 4.69) is 10.4 Å². The lowest BCUT2D eigenvalue weighted by atomic mass is 10.0. The number of nitrogens with one attached hydrogen (secondary N) is 1. The Morgan fingerprint density at radius 2 is 1.73 bits per heavy atom. The number of halogens is 3. The summed E-state index contributed by atoms with van der Waals surface area (Å²) in [4.78, 5) is 12.4. The Morgan fingerprint density at radius 1 is 1.10 bits per heavy atom. The molecule has 0 aliphatic rings. The third kappa shape index (κ3) is 4.79. The minimum absolute atomic E-state index is 0.132. The van der Waals surface area contributed by atoms with E-state index < -0.39 is 33.6 Å². The largest absolute Gasteiger partial charge is 0.438 e. The molecule has 0 aliphatic carbocycles. The number of sulfone groups is 1. The third-order valence-corrected chi connectivity index (χ3v) is 5.15. The minimum atomic E-state index is -4.78. The first-order valence-corrected chi connectivity index (χ1v) is 10.3. The summed E-state index contributed by atoms with van der Waals surface area (Å²) in [5.74, 6) is -0.725. The Balaban J connectivity index is 1.85. The molecular weight excluding hydrogens is 423 g/mol. The van der Waals surface area contributed by atoms with Crippen molar-refractivity contribution in [3.63, 3.8) is 0 Å². The van der Waals surface area contributed by atoms with Crippen LogP contribution in [-0.2, 0) is 23.1 Å². The average Bonchev–Trinajstić information content (AvgIpc) is 3.02. The van der Waals surface area contributed by atoms with Crippen molar-refractivity contribution in [1.82, 2.24) is 9.78 Å². The number of nitrogens with zero attached hydrogens (tertiary/aromatic N) is 2. The van der Waals surface area contributed by atoms with Gasteiger partial charge in [-0.1, -0.05) is 30.3 Å². The number of rotatable bonds is 4. The third-order valence-electron chi connectivity index (χ3n) is 4.02. The Hall–Kier alpha value is -3.34. The summed E-state index contributed by atoms with van der Waals surface area (Å²) in [6, 6.07) is 12.5. The highest BCUT2D eigenvalue weighted by molar-refractivity contribution is 7.90. The van der Waals surface area contributed by atoms with Crippen LogP contribution in [0.5, 0.6) is 5.75 Å². The second-order valence-electron chi connectivity index (χ2n) is 6.37. The van der Waals surface area contributed by atoms with Crippen LogP contribution < -0.4 is 10.1 Å². The molecule has 30 heavy (non-hydrogen) atoms. The Morgan fingerprint density at radius 3 is 2.33 bits per heavy atom. The van der Waals surface area contributed by atoms with Gasteiger partial charge in [-0.25, -0.2) is 13.2 Å². The zero-order chi connectivity index (χ0) is 22.1. The molecule has 1 N–H and O–H groups in total. The van der Waals surface area contributed by atoms with Crippen molar-refractivity contribution in [3.05, 3.63) is 60.4 Å². The number of hydrogen-bond donors (Lipinski definition) is 1. The zero-order valence-corrected chi connectivity index (χ0v) is 16.6. The van der Waals surface area contributed by atoms with Crippen molar-refractivity contribution in [1.29, 1.82) is 0 Å². The van der Waals surface area contributed by atoms with E-state index in [4.69, 9.17) is 4.74 Å². The van der Waals surface area contributed by atoms with Gasteiger partial charge in [0.05, 0.1) is 16.8 Å². The molecule has 0 aliphatic heterocycles. The van der Waals surface area contributed by atoms with Gasteiger partial charge in [-0.2, -0.15) is 18.3 Å². The molecule has 11 heteroatoms. The number of aromatic nitrogens is 2. The van der Waals surface area contributed by atoms with Crippen molar-refractivity contribution in [2.75, 3.05) is 11.6 Å². The molecule has 1 heterocycles. The zero-order valence-electron chi connectivity index (χ0n) is 15.8. The van der Waals surface area contributed by atoms with Gasteiger partial charge in [-0.05, 0) is 23.8 Å². The summed E-state index contributed by atoms with van der Waals surface area (Å²) >= 11 is 0. The molecule has 3 aromatic rings. The van der Waals surface area contributed by atoms with Crippen molar-refractivity contribution in [2.24, 2.45) is 7.05 Å². The first-order chi connectivity index (χ1) is 13.9. The average molecular weight is 439 g/mol. The number of ether oxygens (including phenoxy) is 1. The molecule has 2 aromatic carbocycles. The van der Waals surface area contributed by atoms with Gasteiger partial charge in [-0.3, -0.25) is 10.00 Å². The molecule has 158 valence electrons. The maximum Gasteiger partial charge on any atom is 0.438 e. The summed E-state index contributed by atoms with van der Waals surface area (Å²) in [5, 5.41) is 5.68. The fourth-order valence-corrected chi connectivity index (χ4v) is 3.33. The molecule has 0 bridgehead atoms. The van der Waals surface area contributed by atoms with Crippen LogP contribution in [0, 0.1) is 0 Å². The summed E-state index contributed by atoms with van der Waals surface area (Å²) < 4.78 is 68.0. The summed E-state index contributed by atoms with van der Waals surface area (Å²) in [6.45, 7) is 0. The number of amides is 1. The maximum absolute atomic E-state index is 13.0. The maximum atomic E-state index is 13.0. The van der Waals surface area contributed by atoms with Gasteiger partial charge in [0.25, 0.3) is 0 Å². The highest BCUT2D eigenvalue weighted by atomic mass is 32.2. The smallest absolute Gasteiger partial charge is 0.406 e. The summed E-state index contributed by atoms with van der Waals surface area (Å²) in [5.41, 5.74) is 0.0734. The van der Waals surface area contributed by atoms with Crippen molar-refractivity contribution < 1.29 is 31.1 Å². The molecule has 0 saturated heterocycles. The van der Waals surface area contributed by atoms with E-state index in [1.165, 1.54) is 25.2 Å². The number of alkyl halides is 3. The fourth-order valence-electron chi connectivity index (χ4n) is 2.70. The van der Waals surface area contributed by atoms with Crippen LogP contribution in [0.25, 0.3) is 11.1 Å². The predicted molar refractivity (Wildman–Crippen MR) is 103 cm³/mol. The van der Waals surface area contributed by atoms with Crippen LogP contribution in [0.2, 0.25) is 0 Å². The predicted octanol–water partition coefficient (Wildman–Crippen LogP) is 4.12. The van der Waals surface area contributed by atoms with Gasteiger partial charge in [0.15, 0.2) is 15.6 Å². The molecule has 1 amide bonds. The Bertz CT molecular complexity index is 1190. The van der Waals surface area contributed by atoms with Crippen molar-refractivity contribution in [2.45, 2.75) is 11.1 Å². The van der Waals surface area contributed by atoms with Crippen LogP contribution >= 0.6 is 0 Å². The highest BCUT2D eigenvalue weighted by Crippen LogP contribution is 2.35. The van der Waals surface area contributed by atoms with Gasteiger partial charge >= 0.3 is 12.3 Å². The highest BCUT2D eigenvalue weighted by Gasteiger charge is 2.38. The van der Waals surface area contributed by atoms with Crippen molar-refractivity contribution in [3.8, 4) is 16.9 Å². The topological polar surface area (TPSA) is 90.3 Å². The molecule has 0 atom stereocenters. The van der Waals surface area contributed by atoms with Crippen LogP contribution in [0.15, 0.2) is 59.6 Å². The number of para-hydroxylation sites is 1. The lowest BCUT2D eigenvalue weighted by molar-refractivity contribution is -0.142. The SMILES string of the molecule is Cn1cc(OC(=O)Nc2ccccc2-c2ccc(S(C)(=O)=O)cc2)c(C(F)(F)F)n1. The van der Waals surface area contributed by atoms with E-state index in [9.17, 15) is 26.4 Å². The number of aryl methyl sites for hydroxylation is 1. The molecule has 0 saturated carbocycles. The normalized spacial score (nSPS) is 11.9.